The molecule has 2 aromatic rings. The van der Waals surface area contributed by atoms with Crippen LogP contribution in [0.3, 0.4) is 0 Å². The van der Waals surface area contributed by atoms with E-state index in [1.165, 1.54) is 0 Å². The molecule has 1 fully saturated rings. The second-order valence-electron chi connectivity index (χ2n) is 6.08. The molecule has 1 aliphatic carbocycles. The van der Waals surface area contributed by atoms with Crippen molar-refractivity contribution in [3.8, 4) is 0 Å². The summed E-state index contributed by atoms with van der Waals surface area (Å²) in [5.74, 6) is 0.957. The van der Waals surface area contributed by atoms with E-state index in [-0.39, 0.29) is 11.9 Å². The number of nitrogens with zero attached hydrogens (tertiary/aromatic N) is 1. The summed E-state index contributed by atoms with van der Waals surface area (Å²) in [6.45, 7) is 0.766. The Balaban J connectivity index is 1.62. The predicted octanol–water partition coefficient (Wildman–Crippen LogP) is 3.83. The fourth-order valence-corrected chi connectivity index (χ4v) is 3.52. The van der Waals surface area contributed by atoms with Crippen molar-refractivity contribution in [2.75, 3.05) is 7.05 Å². The normalized spacial score (nSPS) is 20.8. The number of likely N-dealkylation sites (N-methyl/N-ethyl adjacent to an activating group) is 1. The fraction of sp³-hybridized carbons (Fsp3) is 0.389. The lowest BCUT2D eigenvalue weighted by Gasteiger charge is -2.29. The lowest BCUT2D eigenvalue weighted by molar-refractivity contribution is 0.0909. The van der Waals surface area contributed by atoms with E-state index in [0.29, 0.717) is 11.6 Å². The highest BCUT2D eigenvalue weighted by Gasteiger charge is 2.31. The summed E-state index contributed by atoms with van der Waals surface area (Å²) in [6.07, 6.45) is 4.96. The quantitative estimate of drug-likeness (QED) is 0.862. The number of hydrogen-bond acceptors (Lipinski definition) is 3. The van der Waals surface area contributed by atoms with Crippen molar-refractivity contribution in [2.45, 2.75) is 37.9 Å². The van der Waals surface area contributed by atoms with Crippen LogP contribution in [0.1, 0.15) is 35.4 Å². The van der Waals surface area contributed by atoms with Crippen molar-refractivity contribution in [1.29, 1.82) is 0 Å². The summed E-state index contributed by atoms with van der Waals surface area (Å²) in [6, 6.07) is 11.9. The molecular weight excluding hydrogens is 356 g/mol. The molecule has 5 heteroatoms. The molecular formula is C18H21BrN2O2. The van der Waals surface area contributed by atoms with Crippen LogP contribution >= 0.6 is 15.9 Å². The number of nitrogens with one attached hydrogen (secondary N) is 1. The number of benzene rings is 1. The van der Waals surface area contributed by atoms with Crippen molar-refractivity contribution in [2.24, 2.45) is 0 Å². The maximum absolute atomic E-state index is 12.4. The average Bonchev–Trinajstić information content (AvgIpc) is 3.19. The summed E-state index contributed by atoms with van der Waals surface area (Å²) >= 11 is 3.39. The summed E-state index contributed by atoms with van der Waals surface area (Å²) in [7, 11) is 2.09. The Kier molecular flexibility index (Phi) is 5.18. The molecule has 0 radical (unpaired) electrons. The van der Waals surface area contributed by atoms with Gasteiger partial charge in [0.15, 0.2) is 0 Å². The van der Waals surface area contributed by atoms with Crippen LogP contribution in [0.5, 0.6) is 0 Å². The van der Waals surface area contributed by atoms with Crippen LogP contribution in [-0.2, 0) is 6.54 Å². The van der Waals surface area contributed by atoms with Crippen LogP contribution in [0, 0.1) is 0 Å². The smallest absolute Gasteiger partial charge is 0.251 e. The Bertz CT molecular complexity index is 640. The molecule has 1 aromatic carbocycles. The van der Waals surface area contributed by atoms with Crippen LogP contribution in [0.2, 0.25) is 0 Å². The van der Waals surface area contributed by atoms with Crippen LogP contribution in [0.15, 0.2) is 51.6 Å². The molecule has 1 amide bonds. The minimum Gasteiger partial charge on any atom is -0.468 e. The number of amides is 1. The van der Waals surface area contributed by atoms with Gasteiger partial charge in [0.05, 0.1) is 12.8 Å². The minimum atomic E-state index is 0.000739. The van der Waals surface area contributed by atoms with Crippen molar-refractivity contribution >= 4 is 21.8 Å². The fourth-order valence-electron chi connectivity index (χ4n) is 3.25. The Morgan fingerprint density at radius 2 is 2.09 bits per heavy atom. The average molecular weight is 377 g/mol. The molecule has 1 aliphatic rings. The van der Waals surface area contributed by atoms with Gasteiger partial charge in [-0.15, -0.1) is 0 Å². The molecule has 0 aliphatic heterocycles. The number of hydrogen-bond donors (Lipinski definition) is 1. The summed E-state index contributed by atoms with van der Waals surface area (Å²) in [4.78, 5) is 14.7. The number of carbonyl (C=O) groups excluding carboxylic acids is 1. The van der Waals surface area contributed by atoms with Gasteiger partial charge in [0.25, 0.3) is 5.91 Å². The third-order valence-corrected chi connectivity index (χ3v) is 4.98. The number of furan rings is 1. The van der Waals surface area contributed by atoms with Gasteiger partial charge in [0, 0.05) is 22.1 Å². The van der Waals surface area contributed by atoms with Gasteiger partial charge in [0.1, 0.15) is 5.76 Å². The third-order valence-electron chi connectivity index (χ3n) is 4.45. The van der Waals surface area contributed by atoms with Crippen molar-refractivity contribution in [3.63, 3.8) is 0 Å². The monoisotopic (exact) mass is 376 g/mol. The molecule has 4 nitrogen and oxygen atoms in total. The lowest BCUT2D eigenvalue weighted by Crippen LogP contribution is -2.47. The van der Waals surface area contributed by atoms with E-state index >= 15 is 0 Å². The van der Waals surface area contributed by atoms with Gasteiger partial charge in [-0.2, -0.15) is 0 Å². The molecule has 23 heavy (non-hydrogen) atoms. The molecule has 1 saturated carbocycles. The molecule has 2 unspecified atom stereocenters. The van der Waals surface area contributed by atoms with E-state index in [0.717, 1.165) is 36.0 Å². The maximum Gasteiger partial charge on any atom is 0.251 e. The second-order valence-corrected chi connectivity index (χ2v) is 7.00. The van der Waals surface area contributed by atoms with E-state index in [4.69, 9.17) is 4.42 Å². The van der Waals surface area contributed by atoms with Crippen molar-refractivity contribution < 1.29 is 9.21 Å². The maximum atomic E-state index is 12.4. The number of halogens is 1. The molecule has 0 saturated heterocycles. The van der Waals surface area contributed by atoms with Crippen LogP contribution in [0.4, 0.5) is 0 Å². The zero-order valence-electron chi connectivity index (χ0n) is 13.2. The summed E-state index contributed by atoms with van der Waals surface area (Å²) < 4.78 is 6.40. The van der Waals surface area contributed by atoms with E-state index in [2.05, 4.69) is 33.2 Å². The van der Waals surface area contributed by atoms with Gasteiger partial charge in [0.2, 0.25) is 0 Å². The molecule has 3 rings (SSSR count). The second kappa shape index (κ2) is 7.32. The summed E-state index contributed by atoms with van der Waals surface area (Å²) in [5.41, 5.74) is 0.701. The van der Waals surface area contributed by atoms with Gasteiger partial charge < -0.3 is 9.73 Å². The van der Waals surface area contributed by atoms with E-state index in [9.17, 15) is 4.79 Å². The minimum absolute atomic E-state index is 0.000739. The highest BCUT2D eigenvalue weighted by Crippen LogP contribution is 2.25. The molecule has 1 aromatic heterocycles. The first-order chi connectivity index (χ1) is 11.1. The van der Waals surface area contributed by atoms with Gasteiger partial charge in [-0.1, -0.05) is 15.9 Å². The molecule has 122 valence electrons. The zero-order valence-corrected chi connectivity index (χ0v) is 14.8. The lowest BCUT2D eigenvalue weighted by atomic mass is 10.1. The van der Waals surface area contributed by atoms with Crippen molar-refractivity contribution in [1.82, 2.24) is 10.2 Å². The Morgan fingerprint density at radius 1 is 1.30 bits per heavy atom. The standard InChI is InChI=1S/C18H21BrN2O2/c1-21(12-15-4-3-11-23-15)17-6-2-5-16(17)20-18(22)13-7-9-14(19)10-8-13/h3-4,7-11,16-17H,2,5-6,12H2,1H3,(H,20,22). The van der Waals surface area contributed by atoms with Crippen LogP contribution in [0.25, 0.3) is 0 Å². The first kappa shape index (κ1) is 16.3. The summed E-state index contributed by atoms with van der Waals surface area (Å²) in [5, 5.41) is 3.20. The molecule has 1 heterocycles. The highest BCUT2D eigenvalue weighted by molar-refractivity contribution is 9.10. The van der Waals surface area contributed by atoms with Gasteiger partial charge >= 0.3 is 0 Å². The first-order valence-electron chi connectivity index (χ1n) is 7.92. The van der Waals surface area contributed by atoms with Gasteiger partial charge in [-0.25, -0.2) is 0 Å². The van der Waals surface area contributed by atoms with Crippen LogP contribution in [-0.4, -0.2) is 29.9 Å². The predicted molar refractivity (Wildman–Crippen MR) is 93.2 cm³/mol. The molecule has 0 spiro atoms. The molecule has 0 bridgehead atoms. The van der Waals surface area contributed by atoms with Gasteiger partial charge in [-0.3, -0.25) is 9.69 Å². The Labute approximate surface area is 145 Å². The van der Waals surface area contributed by atoms with Gasteiger partial charge in [-0.05, 0) is 62.7 Å². The van der Waals surface area contributed by atoms with Crippen molar-refractivity contribution in [3.05, 3.63) is 58.5 Å². The number of carbonyl (C=O) groups is 1. The Morgan fingerprint density at radius 3 is 2.78 bits per heavy atom. The van der Waals surface area contributed by atoms with E-state index in [1.54, 1.807) is 6.26 Å². The SMILES string of the molecule is CN(Cc1ccco1)C1CCCC1NC(=O)c1ccc(Br)cc1. The zero-order chi connectivity index (χ0) is 16.2. The largest absolute Gasteiger partial charge is 0.468 e. The molecule has 2 atom stereocenters. The topological polar surface area (TPSA) is 45.5 Å². The van der Waals surface area contributed by atoms with Crippen LogP contribution < -0.4 is 5.32 Å². The third kappa shape index (κ3) is 4.03. The molecule has 1 N–H and O–H groups in total. The Hall–Kier alpha value is -1.59. The first-order valence-corrected chi connectivity index (χ1v) is 8.72. The van der Waals surface area contributed by atoms with E-state index < -0.39 is 0 Å². The number of rotatable bonds is 5. The van der Waals surface area contributed by atoms with E-state index in [1.807, 2.05) is 36.4 Å². The highest BCUT2D eigenvalue weighted by atomic mass is 79.9.